The van der Waals surface area contributed by atoms with Gasteiger partial charge in [-0.3, -0.25) is 4.79 Å². The number of carbonyl (C=O) groups is 1. The lowest BCUT2D eigenvalue weighted by atomic mass is 10.1. The number of benzene rings is 1. The van der Waals surface area contributed by atoms with Gasteiger partial charge >= 0.3 is 6.61 Å². The fourth-order valence-corrected chi connectivity index (χ4v) is 2.36. The average Bonchev–Trinajstić information content (AvgIpc) is 2.49. The Morgan fingerprint density at radius 3 is 2.48 bits per heavy atom. The summed E-state index contributed by atoms with van der Waals surface area (Å²) in [6, 6.07) is 6.40. The number of nitrogens with one attached hydrogen (secondary N) is 1. The van der Waals surface area contributed by atoms with Crippen LogP contribution in [0.1, 0.15) is 24.8 Å². The Morgan fingerprint density at radius 1 is 1.19 bits per heavy atom. The van der Waals surface area contributed by atoms with E-state index in [0.29, 0.717) is 13.1 Å². The molecule has 0 aliphatic carbocycles. The molecule has 0 radical (unpaired) electrons. The molecule has 0 aromatic heterocycles. The topological polar surface area (TPSA) is 41.6 Å². The molecule has 0 atom stereocenters. The van der Waals surface area contributed by atoms with E-state index in [2.05, 4.69) is 10.1 Å². The second kappa shape index (κ2) is 7.93. The number of amides is 1. The van der Waals surface area contributed by atoms with Crippen LogP contribution in [-0.4, -0.2) is 37.1 Å². The largest absolute Gasteiger partial charge is 0.435 e. The van der Waals surface area contributed by atoms with Gasteiger partial charge < -0.3 is 15.0 Å². The minimum absolute atomic E-state index is 0.118. The normalized spacial score (nSPS) is 15.3. The van der Waals surface area contributed by atoms with Crippen molar-refractivity contribution in [3.8, 4) is 5.75 Å². The summed E-state index contributed by atoms with van der Waals surface area (Å²) >= 11 is 0. The van der Waals surface area contributed by atoms with E-state index in [-0.39, 0.29) is 11.7 Å². The minimum Gasteiger partial charge on any atom is -0.435 e. The second-order valence-corrected chi connectivity index (χ2v) is 5.07. The molecule has 1 aromatic carbocycles. The van der Waals surface area contributed by atoms with Gasteiger partial charge in [-0.05, 0) is 37.0 Å². The first-order valence-corrected chi connectivity index (χ1v) is 7.17. The smallest absolute Gasteiger partial charge is 0.387 e. The Morgan fingerprint density at radius 2 is 1.86 bits per heavy atom. The number of piperidine rings is 1. The van der Waals surface area contributed by atoms with Gasteiger partial charge in [-0.25, -0.2) is 0 Å². The molecular formula is C15H20F2N2O2. The molecule has 1 aromatic rings. The first kappa shape index (κ1) is 15.7. The van der Waals surface area contributed by atoms with Crippen LogP contribution in [-0.2, 0) is 11.3 Å². The Hall–Kier alpha value is -1.69. The van der Waals surface area contributed by atoms with E-state index < -0.39 is 6.61 Å². The Kier molecular flexibility index (Phi) is 5.92. The Balaban J connectivity index is 1.71. The first-order chi connectivity index (χ1) is 10.1. The number of rotatable bonds is 6. The lowest BCUT2D eigenvalue weighted by molar-refractivity contribution is -0.131. The predicted octanol–water partition coefficient (Wildman–Crippen LogP) is 2.39. The van der Waals surface area contributed by atoms with E-state index in [0.717, 1.165) is 31.5 Å². The maximum absolute atomic E-state index is 12.0. The van der Waals surface area contributed by atoms with Gasteiger partial charge in [-0.15, -0.1) is 0 Å². The fourth-order valence-electron chi connectivity index (χ4n) is 2.36. The van der Waals surface area contributed by atoms with Gasteiger partial charge in [0.1, 0.15) is 5.75 Å². The molecule has 6 heteroatoms. The molecule has 1 amide bonds. The van der Waals surface area contributed by atoms with Crippen molar-refractivity contribution in [3.63, 3.8) is 0 Å². The molecule has 0 unspecified atom stereocenters. The van der Waals surface area contributed by atoms with Crippen molar-refractivity contribution >= 4 is 5.91 Å². The highest BCUT2D eigenvalue weighted by molar-refractivity contribution is 5.78. The molecule has 0 spiro atoms. The van der Waals surface area contributed by atoms with Gasteiger partial charge in [0.05, 0.1) is 6.54 Å². The highest BCUT2D eigenvalue weighted by Crippen LogP contribution is 2.14. The number of hydrogen-bond donors (Lipinski definition) is 1. The number of hydrogen-bond acceptors (Lipinski definition) is 3. The first-order valence-electron chi connectivity index (χ1n) is 7.17. The van der Waals surface area contributed by atoms with E-state index >= 15 is 0 Å². The molecule has 116 valence electrons. The van der Waals surface area contributed by atoms with Gasteiger partial charge in [0.15, 0.2) is 0 Å². The van der Waals surface area contributed by atoms with E-state index in [9.17, 15) is 13.6 Å². The molecule has 1 fully saturated rings. The van der Waals surface area contributed by atoms with Crippen LogP contribution in [0.15, 0.2) is 24.3 Å². The van der Waals surface area contributed by atoms with Crippen molar-refractivity contribution in [3.05, 3.63) is 29.8 Å². The van der Waals surface area contributed by atoms with Gasteiger partial charge in [0.25, 0.3) is 0 Å². The van der Waals surface area contributed by atoms with E-state index in [1.807, 2.05) is 4.90 Å². The maximum atomic E-state index is 12.0. The zero-order valence-corrected chi connectivity index (χ0v) is 11.9. The zero-order chi connectivity index (χ0) is 15.1. The second-order valence-electron chi connectivity index (χ2n) is 5.07. The average molecular weight is 298 g/mol. The van der Waals surface area contributed by atoms with Crippen molar-refractivity contribution in [1.82, 2.24) is 10.2 Å². The standard InChI is InChI=1S/C15H20F2N2O2/c16-15(17)21-13-6-4-12(5-7-13)10-18-11-14(20)19-8-2-1-3-9-19/h4-7,15,18H,1-3,8-11H2. The fraction of sp³-hybridized carbons (Fsp3) is 0.533. The van der Waals surface area contributed by atoms with Gasteiger partial charge in [-0.1, -0.05) is 12.1 Å². The van der Waals surface area contributed by atoms with E-state index in [1.165, 1.54) is 18.6 Å². The van der Waals surface area contributed by atoms with Crippen LogP contribution in [0.2, 0.25) is 0 Å². The van der Waals surface area contributed by atoms with Crippen LogP contribution in [0, 0.1) is 0 Å². The summed E-state index contributed by atoms with van der Waals surface area (Å²) in [6.07, 6.45) is 3.36. The predicted molar refractivity (Wildman–Crippen MR) is 75.2 cm³/mol. The van der Waals surface area contributed by atoms with Crippen LogP contribution >= 0.6 is 0 Å². The van der Waals surface area contributed by atoms with Gasteiger partial charge in [-0.2, -0.15) is 8.78 Å². The molecule has 1 N–H and O–H groups in total. The molecule has 4 nitrogen and oxygen atoms in total. The molecule has 1 heterocycles. The van der Waals surface area contributed by atoms with Crippen molar-refractivity contribution in [2.75, 3.05) is 19.6 Å². The number of carbonyl (C=O) groups excluding carboxylic acids is 1. The highest BCUT2D eigenvalue weighted by atomic mass is 19.3. The minimum atomic E-state index is -2.81. The number of halogens is 2. The van der Waals surface area contributed by atoms with Crippen LogP contribution in [0.25, 0.3) is 0 Å². The molecule has 0 bridgehead atoms. The monoisotopic (exact) mass is 298 g/mol. The van der Waals surface area contributed by atoms with E-state index in [1.54, 1.807) is 12.1 Å². The third-order valence-electron chi connectivity index (χ3n) is 3.46. The van der Waals surface area contributed by atoms with Crippen LogP contribution in [0.5, 0.6) is 5.75 Å². The summed E-state index contributed by atoms with van der Waals surface area (Å²) in [5.41, 5.74) is 0.920. The summed E-state index contributed by atoms with van der Waals surface area (Å²) in [7, 11) is 0. The van der Waals surface area contributed by atoms with Crippen molar-refractivity contribution in [2.24, 2.45) is 0 Å². The molecule has 1 saturated heterocycles. The number of ether oxygens (including phenoxy) is 1. The molecule has 21 heavy (non-hydrogen) atoms. The van der Waals surface area contributed by atoms with Crippen molar-refractivity contribution in [2.45, 2.75) is 32.4 Å². The van der Waals surface area contributed by atoms with Gasteiger partial charge in [0, 0.05) is 19.6 Å². The van der Waals surface area contributed by atoms with Crippen molar-refractivity contribution in [1.29, 1.82) is 0 Å². The lowest BCUT2D eigenvalue weighted by Gasteiger charge is -2.26. The van der Waals surface area contributed by atoms with Crippen LogP contribution < -0.4 is 10.1 Å². The molecular weight excluding hydrogens is 278 g/mol. The molecule has 2 rings (SSSR count). The number of likely N-dealkylation sites (tertiary alicyclic amines) is 1. The SMILES string of the molecule is O=C(CNCc1ccc(OC(F)F)cc1)N1CCCCC1. The summed E-state index contributed by atoms with van der Waals surface area (Å²) < 4.78 is 28.3. The lowest BCUT2D eigenvalue weighted by Crippen LogP contribution is -2.40. The van der Waals surface area contributed by atoms with E-state index in [4.69, 9.17) is 0 Å². The molecule has 1 aliphatic rings. The highest BCUT2D eigenvalue weighted by Gasteiger charge is 2.15. The Labute approximate surface area is 123 Å². The van der Waals surface area contributed by atoms with Crippen molar-refractivity contribution < 1.29 is 18.3 Å². The Bertz CT molecular complexity index is 445. The van der Waals surface area contributed by atoms with Crippen LogP contribution in [0.4, 0.5) is 8.78 Å². The number of nitrogens with zero attached hydrogens (tertiary/aromatic N) is 1. The summed E-state index contributed by atoms with van der Waals surface area (Å²) in [4.78, 5) is 13.8. The quantitative estimate of drug-likeness (QED) is 0.877. The molecule has 0 saturated carbocycles. The third-order valence-corrected chi connectivity index (χ3v) is 3.46. The third kappa shape index (κ3) is 5.30. The number of alkyl halides is 2. The summed E-state index contributed by atoms with van der Waals surface area (Å²) in [5.74, 6) is 0.255. The van der Waals surface area contributed by atoms with Gasteiger partial charge in [0.2, 0.25) is 5.91 Å². The summed E-state index contributed by atoms with van der Waals surface area (Å²) in [6.45, 7) is -0.291. The maximum Gasteiger partial charge on any atom is 0.387 e. The molecule has 1 aliphatic heterocycles. The zero-order valence-electron chi connectivity index (χ0n) is 11.9. The summed E-state index contributed by atoms with van der Waals surface area (Å²) in [5, 5.41) is 3.08. The van der Waals surface area contributed by atoms with Crippen LogP contribution in [0.3, 0.4) is 0 Å².